The van der Waals surface area contributed by atoms with E-state index in [2.05, 4.69) is 5.32 Å². The van der Waals surface area contributed by atoms with Crippen molar-refractivity contribution in [3.8, 4) is 11.5 Å². The van der Waals surface area contributed by atoms with Crippen LogP contribution in [0, 0.1) is 0 Å². The summed E-state index contributed by atoms with van der Waals surface area (Å²) in [4.78, 5) is 29.3. The molecule has 47 heavy (non-hydrogen) atoms. The third-order valence-electron chi connectivity index (χ3n) is 7.53. The predicted octanol–water partition coefficient (Wildman–Crippen LogP) is 6.71. The lowest BCUT2D eigenvalue weighted by molar-refractivity contribution is -0.139. The second-order valence-corrected chi connectivity index (χ2v) is 12.9. The number of hydrogen-bond donors (Lipinski definition) is 1. The molecule has 1 atom stereocenters. The molecule has 0 aliphatic carbocycles. The minimum atomic E-state index is -4.23. The number of nitrogens with one attached hydrogen (secondary N) is 1. The van der Waals surface area contributed by atoms with Crippen LogP contribution >= 0.6 is 11.6 Å². The molecule has 0 bridgehead atoms. The van der Waals surface area contributed by atoms with Gasteiger partial charge in [-0.25, -0.2) is 8.42 Å². The highest BCUT2D eigenvalue weighted by atomic mass is 35.5. The van der Waals surface area contributed by atoms with Crippen LogP contribution in [0.1, 0.15) is 11.1 Å². The van der Waals surface area contributed by atoms with Crippen molar-refractivity contribution < 1.29 is 22.7 Å². The Hall–Kier alpha value is -5.12. The smallest absolute Gasteiger partial charge is 0.264 e. The zero-order valence-electron chi connectivity index (χ0n) is 25.7. The number of ether oxygens (including phenoxy) is 1. The number of likely N-dealkylation sites (N-methyl/N-ethyl adjacent to an activating group) is 1. The number of nitrogens with zero attached hydrogens (tertiary/aromatic N) is 2. The molecule has 8 nitrogen and oxygen atoms in total. The highest BCUT2D eigenvalue weighted by molar-refractivity contribution is 7.92. The Bertz CT molecular complexity index is 1890. The van der Waals surface area contributed by atoms with Crippen molar-refractivity contribution in [1.29, 1.82) is 0 Å². The van der Waals surface area contributed by atoms with Gasteiger partial charge in [-0.3, -0.25) is 13.9 Å². The lowest BCUT2D eigenvalue weighted by Gasteiger charge is -2.33. The van der Waals surface area contributed by atoms with Crippen LogP contribution < -0.4 is 14.4 Å². The first-order valence-electron chi connectivity index (χ1n) is 15.0. The minimum Gasteiger partial charge on any atom is -0.457 e. The summed E-state index contributed by atoms with van der Waals surface area (Å²) in [6, 6.07) is 39.0. The highest BCUT2D eigenvalue weighted by Gasteiger charge is 2.34. The molecular formula is C37H34ClN3O5S. The van der Waals surface area contributed by atoms with E-state index in [1.54, 1.807) is 66.7 Å². The van der Waals surface area contributed by atoms with Gasteiger partial charge in [0, 0.05) is 25.0 Å². The van der Waals surface area contributed by atoms with Gasteiger partial charge >= 0.3 is 0 Å². The molecule has 0 aromatic heterocycles. The normalized spacial score (nSPS) is 11.7. The number of anilines is 1. The molecule has 5 aromatic carbocycles. The lowest BCUT2D eigenvalue weighted by atomic mass is 10.0. The maximum absolute atomic E-state index is 14.5. The predicted molar refractivity (Wildman–Crippen MR) is 184 cm³/mol. The average Bonchev–Trinajstić information content (AvgIpc) is 3.10. The second-order valence-electron chi connectivity index (χ2n) is 10.7. The number of carbonyl (C=O) groups is 2. The van der Waals surface area contributed by atoms with Crippen LogP contribution in [0.2, 0.25) is 5.02 Å². The summed E-state index contributed by atoms with van der Waals surface area (Å²) in [6.07, 6.45) is 0.202. The molecule has 0 aliphatic heterocycles. The molecule has 240 valence electrons. The summed E-state index contributed by atoms with van der Waals surface area (Å²) < 4.78 is 35.3. The van der Waals surface area contributed by atoms with Gasteiger partial charge in [0.25, 0.3) is 10.0 Å². The van der Waals surface area contributed by atoms with Crippen LogP contribution in [0.3, 0.4) is 0 Å². The van der Waals surface area contributed by atoms with Gasteiger partial charge in [-0.05, 0) is 65.7 Å². The number of amides is 2. The quantitative estimate of drug-likeness (QED) is 0.151. The molecule has 0 saturated carbocycles. The van der Waals surface area contributed by atoms with Crippen molar-refractivity contribution in [2.24, 2.45) is 0 Å². The number of hydrogen-bond acceptors (Lipinski definition) is 5. The SMILES string of the molecule is CNC(=O)C(Cc1ccccc1)N(Cc1ccccc1Cl)C(=O)CN(c1ccc(Oc2ccccc2)cc1)S(=O)(=O)c1ccccc1. The maximum Gasteiger partial charge on any atom is 0.264 e. The molecule has 0 radical (unpaired) electrons. The minimum absolute atomic E-state index is 0.0159. The van der Waals surface area contributed by atoms with Crippen LogP contribution in [0.5, 0.6) is 11.5 Å². The van der Waals surface area contributed by atoms with Gasteiger partial charge in [-0.1, -0.05) is 96.5 Å². The molecule has 0 heterocycles. The van der Waals surface area contributed by atoms with E-state index < -0.39 is 34.4 Å². The second kappa shape index (κ2) is 15.4. The maximum atomic E-state index is 14.5. The first-order valence-corrected chi connectivity index (χ1v) is 16.8. The average molecular weight is 668 g/mol. The fourth-order valence-corrected chi connectivity index (χ4v) is 6.71. The molecule has 1 unspecified atom stereocenters. The fourth-order valence-electron chi connectivity index (χ4n) is 5.08. The van der Waals surface area contributed by atoms with E-state index >= 15 is 0 Å². The Morgan fingerprint density at radius 1 is 0.745 bits per heavy atom. The summed E-state index contributed by atoms with van der Waals surface area (Å²) >= 11 is 6.52. The third-order valence-corrected chi connectivity index (χ3v) is 9.69. The number of halogens is 1. The van der Waals surface area contributed by atoms with Crippen molar-refractivity contribution in [3.05, 3.63) is 156 Å². The van der Waals surface area contributed by atoms with Gasteiger partial charge in [0.15, 0.2) is 0 Å². The zero-order valence-corrected chi connectivity index (χ0v) is 27.3. The Balaban J connectivity index is 1.54. The molecule has 0 fully saturated rings. The fraction of sp³-hybridized carbons (Fsp3) is 0.135. The van der Waals surface area contributed by atoms with Crippen molar-refractivity contribution >= 4 is 39.1 Å². The summed E-state index contributed by atoms with van der Waals surface area (Å²) in [7, 11) is -2.72. The van der Waals surface area contributed by atoms with Gasteiger partial charge in [-0.2, -0.15) is 0 Å². The molecule has 10 heteroatoms. The Kier molecular flexibility index (Phi) is 10.9. The van der Waals surface area contributed by atoms with Crippen LogP contribution in [0.25, 0.3) is 0 Å². The van der Waals surface area contributed by atoms with Crippen LogP contribution in [-0.2, 0) is 32.6 Å². The largest absolute Gasteiger partial charge is 0.457 e. The lowest BCUT2D eigenvalue weighted by Crippen LogP contribution is -2.53. The van der Waals surface area contributed by atoms with Crippen LogP contribution in [-0.4, -0.2) is 44.8 Å². The number of carbonyl (C=O) groups excluding carboxylic acids is 2. The number of benzene rings is 5. The van der Waals surface area contributed by atoms with E-state index in [9.17, 15) is 18.0 Å². The number of rotatable bonds is 13. The Labute approximate surface area is 280 Å². The first-order chi connectivity index (χ1) is 22.8. The zero-order chi connectivity index (χ0) is 33.2. The molecule has 2 amide bonds. The van der Waals surface area contributed by atoms with E-state index in [1.807, 2.05) is 60.7 Å². The Morgan fingerprint density at radius 3 is 1.91 bits per heavy atom. The Morgan fingerprint density at radius 2 is 1.30 bits per heavy atom. The molecule has 0 aliphatic rings. The highest BCUT2D eigenvalue weighted by Crippen LogP contribution is 2.29. The molecule has 0 saturated heterocycles. The first kappa shape index (κ1) is 33.2. The van der Waals surface area contributed by atoms with Crippen LogP contribution in [0.15, 0.2) is 144 Å². The van der Waals surface area contributed by atoms with Crippen molar-refractivity contribution in [2.75, 3.05) is 17.9 Å². The van der Waals surface area contributed by atoms with E-state index in [-0.39, 0.29) is 23.5 Å². The molecule has 0 spiro atoms. The van der Waals surface area contributed by atoms with Crippen molar-refractivity contribution in [2.45, 2.75) is 23.9 Å². The molecular weight excluding hydrogens is 634 g/mol. The van der Waals surface area contributed by atoms with Gasteiger partial charge in [0.1, 0.15) is 24.1 Å². The van der Waals surface area contributed by atoms with Gasteiger partial charge in [0.2, 0.25) is 11.8 Å². The van der Waals surface area contributed by atoms with Gasteiger partial charge in [-0.15, -0.1) is 0 Å². The standard InChI is InChI=1S/C37H34ClN3O5S/c1-39-37(43)35(25-28-13-5-2-6-14-28)40(26-29-15-11-12-20-34(29)38)36(42)27-41(47(44,45)33-18-9-4-10-19-33)30-21-23-32(24-22-30)46-31-16-7-3-8-17-31/h2-24,35H,25-27H2,1H3,(H,39,43). The summed E-state index contributed by atoms with van der Waals surface area (Å²) in [6.45, 7) is -0.602. The van der Waals surface area contributed by atoms with Gasteiger partial charge in [0.05, 0.1) is 10.6 Å². The molecule has 1 N–H and O–H groups in total. The monoisotopic (exact) mass is 667 g/mol. The van der Waals surface area contributed by atoms with E-state index in [0.717, 1.165) is 9.87 Å². The topological polar surface area (TPSA) is 96.0 Å². The third kappa shape index (κ3) is 8.38. The van der Waals surface area contributed by atoms with Crippen LogP contribution in [0.4, 0.5) is 5.69 Å². The summed E-state index contributed by atoms with van der Waals surface area (Å²) in [5.74, 6) is 0.136. The van der Waals surface area contributed by atoms with E-state index in [1.165, 1.54) is 24.1 Å². The molecule has 5 aromatic rings. The van der Waals surface area contributed by atoms with E-state index in [0.29, 0.717) is 22.1 Å². The summed E-state index contributed by atoms with van der Waals surface area (Å²) in [5, 5.41) is 3.10. The van der Waals surface area contributed by atoms with E-state index in [4.69, 9.17) is 16.3 Å². The van der Waals surface area contributed by atoms with Crippen molar-refractivity contribution in [1.82, 2.24) is 10.2 Å². The summed E-state index contributed by atoms with van der Waals surface area (Å²) in [5.41, 5.74) is 1.70. The molecule has 5 rings (SSSR count). The number of sulfonamides is 1. The van der Waals surface area contributed by atoms with Gasteiger partial charge < -0.3 is 15.0 Å². The van der Waals surface area contributed by atoms with Crippen molar-refractivity contribution in [3.63, 3.8) is 0 Å². The number of para-hydroxylation sites is 1.